The van der Waals surface area contributed by atoms with Gasteiger partial charge in [0, 0.05) is 0 Å². The van der Waals surface area contributed by atoms with Crippen molar-refractivity contribution in [3.8, 4) is 0 Å². The standard InChI is InChI=1S/C23H31NO14/c1-14(25)7-18(29)34-5-6-35-22(33)24-23(11-36-19(30)8-15(2)26,12-37-20(31)9-16(3)27)13-38-21(32)10-17(4)28/h5-13H2,1-4H3,(H,24,33). The molecule has 0 aliphatic rings. The molecule has 0 rings (SSSR count). The summed E-state index contributed by atoms with van der Waals surface area (Å²) in [5.41, 5.74) is -1.98. The fourth-order valence-corrected chi connectivity index (χ4v) is 2.45. The van der Waals surface area contributed by atoms with Crippen LogP contribution in [0.5, 0.6) is 0 Å². The number of alkyl carbamates (subject to hydrolysis) is 1. The molecule has 0 atom stereocenters. The van der Waals surface area contributed by atoms with E-state index in [1.54, 1.807) is 0 Å². The zero-order valence-electron chi connectivity index (χ0n) is 21.6. The second kappa shape index (κ2) is 17.3. The average molecular weight is 545 g/mol. The van der Waals surface area contributed by atoms with Gasteiger partial charge in [0.25, 0.3) is 0 Å². The first-order valence-corrected chi connectivity index (χ1v) is 11.2. The van der Waals surface area contributed by atoms with Gasteiger partial charge in [0.2, 0.25) is 0 Å². The number of amides is 1. The molecular weight excluding hydrogens is 514 g/mol. The van der Waals surface area contributed by atoms with Gasteiger partial charge in [-0.15, -0.1) is 0 Å². The lowest BCUT2D eigenvalue weighted by atomic mass is 10.0. The average Bonchev–Trinajstić information content (AvgIpc) is 2.76. The first-order chi connectivity index (χ1) is 17.6. The Balaban J connectivity index is 5.62. The normalized spacial score (nSPS) is 10.4. The molecule has 0 aromatic heterocycles. The van der Waals surface area contributed by atoms with Crippen molar-refractivity contribution in [3.63, 3.8) is 0 Å². The molecule has 15 heteroatoms. The topological polar surface area (TPSA) is 212 Å². The minimum absolute atomic E-state index is 0.415. The Morgan fingerprint density at radius 1 is 0.474 bits per heavy atom. The van der Waals surface area contributed by atoms with Gasteiger partial charge in [-0.3, -0.25) is 38.4 Å². The summed E-state index contributed by atoms with van der Waals surface area (Å²) < 4.78 is 24.6. The maximum atomic E-state index is 12.4. The third-order valence-electron chi connectivity index (χ3n) is 4.05. The van der Waals surface area contributed by atoms with Crippen LogP contribution >= 0.6 is 0 Å². The number of ketones is 4. The lowest BCUT2D eigenvalue weighted by Crippen LogP contribution is -2.59. The SMILES string of the molecule is CC(=O)CC(=O)OCCOC(=O)NC(COC(=O)CC(C)=O)(COC(=O)CC(C)=O)COC(=O)CC(C)=O. The molecule has 0 aromatic carbocycles. The molecule has 0 fully saturated rings. The maximum absolute atomic E-state index is 12.4. The molecule has 0 aliphatic carbocycles. The molecule has 15 nitrogen and oxygen atoms in total. The predicted octanol–water partition coefficient (Wildman–Crippen LogP) is -0.459. The fraction of sp³-hybridized carbons (Fsp3) is 0.609. The highest BCUT2D eigenvalue weighted by molar-refractivity contribution is 5.95. The molecule has 0 saturated heterocycles. The van der Waals surface area contributed by atoms with E-state index in [1.807, 2.05) is 0 Å². The van der Waals surface area contributed by atoms with Crippen molar-refractivity contribution in [2.45, 2.75) is 58.9 Å². The molecular formula is C23H31NO14. The number of nitrogens with one attached hydrogen (secondary N) is 1. The van der Waals surface area contributed by atoms with Crippen molar-refractivity contribution >= 4 is 53.1 Å². The van der Waals surface area contributed by atoms with E-state index in [0.29, 0.717) is 0 Å². The Bertz CT molecular complexity index is 860. The van der Waals surface area contributed by atoms with Gasteiger partial charge >= 0.3 is 30.0 Å². The maximum Gasteiger partial charge on any atom is 0.408 e. The van der Waals surface area contributed by atoms with Gasteiger partial charge in [0.1, 0.15) is 87.4 Å². The van der Waals surface area contributed by atoms with E-state index in [4.69, 9.17) is 23.7 Å². The number of hydrogen-bond acceptors (Lipinski definition) is 14. The van der Waals surface area contributed by atoms with Crippen molar-refractivity contribution < 1.29 is 66.8 Å². The number of ether oxygens (including phenoxy) is 5. The lowest BCUT2D eigenvalue weighted by molar-refractivity contribution is -0.157. The van der Waals surface area contributed by atoms with Crippen LogP contribution in [0.1, 0.15) is 53.4 Å². The van der Waals surface area contributed by atoms with E-state index in [9.17, 15) is 43.2 Å². The molecule has 0 heterocycles. The molecule has 1 N–H and O–H groups in total. The Hall–Kier alpha value is -4.17. The van der Waals surface area contributed by atoms with Crippen LogP contribution in [0.4, 0.5) is 4.79 Å². The van der Waals surface area contributed by atoms with Crippen LogP contribution < -0.4 is 5.32 Å². The van der Waals surface area contributed by atoms with E-state index >= 15 is 0 Å². The molecule has 0 saturated carbocycles. The number of rotatable bonds is 18. The smallest absolute Gasteiger partial charge is 0.408 e. The summed E-state index contributed by atoms with van der Waals surface area (Å²) in [6.07, 6.45) is -3.57. The van der Waals surface area contributed by atoms with Gasteiger partial charge in [-0.2, -0.15) is 0 Å². The highest BCUT2D eigenvalue weighted by atomic mass is 16.6. The Kier molecular flexibility index (Phi) is 15.4. The van der Waals surface area contributed by atoms with Gasteiger partial charge in [0.15, 0.2) is 0 Å². The van der Waals surface area contributed by atoms with Crippen LogP contribution in [-0.2, 0) is 62.0 Å². The third kappa shape index (κ3) is 17.3. The zero-order valence-corrected chi connectivity index (χ0v) is 21.6. The van der Waals surface area contributed by atoms with Crippen molar-refractivity contribution in [1.82, 2.24) is 5.32 Å². The Morgan fingerprint density at radius 2 is 0.763 bits per heavy atom. The first-order valence-electron chi connectivity index (χ1n) is 11.2. The second-order valence-electron chi connectivity index (χ2n) is 8.26. The third-order valence-corrected chi connectivity index (χ3v) is 4.05. The predicted molar refractivity (Wildman–Crippen MR) is 122 cm³/mol. The molecule has 1 amide bonds. The van der Waals surface area contributed by atoms with E-state index in [-0.39, 0.29) is 0 Å². The number of Topliss-reactive ketones (excluding diaryl/α,β-unsaturated/α-hetero) is 4. The quantitative estimate of drug-likeness (QED) is 0.0999. The number of hydrogen-bond donors (Lipinski definition) is 1. The minimum Gasteiger partial charge on any atom is -0.463 e. The summed E-state index contributed by atoms with van der Waals surface area (Å²) in [5, 5.41) is 2.23. The van der Waals surface area contributed by atoms with E-state index in [0.717, 1.165) is 20.8 Å². The van der Waals surface area contributed by atoms with Crippen molar-refractivity contribution in [2.75, 3.05) is 33.0 Å². The monoisotopic (exact) mass is 545 g/mol. The summed E-state index contributed by atoms with van der Waals surface area (Å²) in [4.78, 5) is 104. The summed E-state index contributed by atoms with van der Waals surface area (Å²) in [7, 11) is 0. The second-order valence-corrected chi connectivity index (χ2v) is 8.26. The summed E-state index contributed by atoms with van der Waals surface area (Å²) in [5.74, 6) is -5.92. The van der Waals surface area contributed by atoms with Crippen molar-refractivity contribution in [2.24, 2.45) is 0 Å². The van der Waals surface area contributed by atoms with E-state index in [1.165, 1.54) is 6.92 Å². The van der Waals surface area contributed by atoms with Gasteiger partial charge in [-0.1, -0.05) is 0 Å². The zero-order chi connectivity index (χ0) is 29.3. The Labute approximate surface area is 217 Å². The van der Waals surface area contributed by atoms with E-state index < -0.39 is 117 Å². The molecule has 0 aliphatic heterocycles. The molecule has 0 bridgehead atoms. The molecule has 0 aromatic rings. The van der Waals surface area contributed by atoms with Crippen molar-refractivity contribution in [3.05, 3.63) is 0 Å². The number of esters is 4. The van der Waals surface area contributed by atoms with Crippen LogP contribution in [-0.4, -0.2) is 91.7 Å². The fourth-order valence-electron chi connectivity index (χ4n) is 2.45. The lowest BCUT2D eigenvalue weighted by Gasteiger charge is -2.32. The van der Waals surface area contributed by atoms with E-state index in [2.05, 4.69) is 5.32 Å². The molecule has 38 heavy (non-hydrogen) atoms. The van der Waals surface area contributed by atoms with Gasteiger partial charge in [0.05, 0.1) is 0 Å². The Morgan fingerprint density at radius 3 is 1.08 bits per heavy atom. The summed E-state index contributed by atoms with van der Waals surface area (Å²) >= 11 is 0. The van der Waals surface area contributed by atoms with Gasteiger partial charge < -0.3 is 29.0 Å². The minimum atomic E-state index is -1.98. The van der Waals surface area contributed by atoms with Gasteiger partial charge in [-0.05, 0) is 27.7 Å². The summed E-state index contributed by atoms with van der Waals surface area (Å²) in [6, 6.07) is 0. The van der Waals surface area contributed by atoms with Gasteiger partial charge in [-0.25, -0.2) is 4.79 Å². The molecule has 0 spiro atoms. The van der Waals surface area contributed by atoms with Crippen LogP contribution in [0.2, 0.25) is 0 Å². The molecule has 0 radical (unpaired) electrons. The van der Waals surface area contributed by atoms with Crippen LogP contribution in [0.25, 0.3) is 0 Å². The van der Waals surface area contributed by atoms with Crippen molar-refractivity contribution in [1.29, 1.82) is 0 Å². The number of carbonyl (C=O) groups is 9. The largest absolute Gasteiger partial charge is 0.463 e. The number of carbonyl (C=O) groups excluding carboxylic acids is 9. The summed E-state index contributed by atoms with van der Waals surface area (Å²) in [6.45, 7) is 1.29. The highest BCUT2D eigenvalue weighted by Gasteiger charge is 2.38. The highest BCUT2D eigenvalue weighted by Crippen LogP contribution is 2.12. The molecule has 0 unspecified atom stereocenters. The molecule has 212 valence electrons. The van der Waals surface area contributed by atoms with Crippen LogP contribution in [0.15, 0.2) is 0 Å². The van der Waals surface area contributed by atoms with Crippen LogP contribution in [0, 0.1) is 0 Å². The first kappa shape index (κ1) is 33.8. The van der Waals surface area contributed by atoms with Crippen LogP contribution in [0.3, 0.4) is 0 Å².